The molecule has 0 radical (unpaired) electrons. The van der Waals surface area contributed by atoms with E-state index in [4.69, 9.17) is 21.1 Å². The van der Waals surface area contributed by atoms with E-state index in [9.17, 15) is 18.8 Å². The van der Waals surface area contributed by atoms with Crippen LogP contribution in [0.3, 0.4) is 0 Å². The topological polar surface area (TPSA) is 97.0 Å². The van der Waals surface area contributed by atoms with Crippen LogP contribution in [0.1, 0.15) is 0 Å². The molecule has 2 N–H and O–H groups in total. The van der Waals surface area contributed by atoms with Crippen molar-refractivity contribution in [1.29, 1.82) is 0 Å². The lowest BCUT2D eigenvalue weighted by atomic mass is 10.0. The molecular formula is C19H17ClFN3O5. The summed E-state index contributed by atoms with van der Waals surface area (Å²) >= 11 is 5.74. The molecule has 152 valence electrons. The standard InChI is InChI=1S/C19H17ClFN3O5/c1-28-11-4-6-15(16(8-11)29-2)23-17(25)12-9-22-19(27)24(18(12)26)10-3-5-14(21)13(20)7-10/h3-8,12H,9H2,1-2H3,(H,22,27)(H,23,25). The first-order chi connectivity index (χ1) is 13.8. The van der Waals surface area contributed by atoms with Crippen LogP contribution in [0.2, 0.25) is 5.02 Å². The molecule has 1 atom stereocenters. The molecule has 1 aliphatic rings. The highest BCUT2D eigenvalue weighted by Gasteiger charge is 2.40. The van der Waals surface area contributed by atoms with Crippen molar-refractivity contribution in [2.24, 2.45) is 5.92 Å². The van der Waals surface area contributed by atoms with Gasteiger partial charge in [0.2, 0.25) is 11.8 Å². The predicted molar refractivity (Wildman–Crippen MR) is 104 cm³/mol. The first-order valence-corrected chi connectivity index (χ1v) is 8.83. The third-order valence-electron chi connectivity index (χ3n) is 4.32. The molecule has 0 aliphatic carbocycles. The summed E-state index contributed by atoms with van der Waals surface area (Å²) < 4.78 is 23.7. The molecule has 4 amide bonds. The normalized spacial score (nSPS) is 16.3. The van der Waals surface area contributed by atoms with Gasteiger partial charge in [0.25, 0.3) is 0 Å². The van der Waals surface area contributed by atoms with E-state index in [1.807, 2.05) is 0 Å². The molecule has 1 aliphatic heterocycles. The summed E-state index contributed by atoms with van der Waals surface area (Å²) in [6.45, 7) is -0.187. The Labute approximate surface area is 170 Å². The number of methoxy groups -OCH3 is 2. The Morgan fingerprint density at radius 2 is 1.97 bits per heavy atom. The third kappa shape index (κ3) is 4.09. The number of imide groups is 1. The molecule has 1 fully saturated rings. The minimum atomic E-state index is -1.21. The van der Waals surface area contributed by atoms with Gasteiger partial charge in [0, 0.05) is 12.6 Å². The highest BCUT2D eigenvalue weighted by atomic mass is 35.5. The molecule has 2 aromatic carbocycles. The van der Waals surface area contributed by atoms with Crippen molar-refractivity contribution in [3.8, 4) is 11.5 Å². The van der Waals surface area contributed by atoms with E-state index >= 15 is 0 Å². The van der Waals surface area contributed by atoms with Crippen LogP contribution in [0.4, 0.5) is 20.6 Å². The minimum Gasteiger partial charge on any atom is -0.497 e. The lowest BCUT2D eigenvalue weighted by molar-refractivity contribution is -0.130. The van der Waals surface area contributed by atoms with Gasteiger partial charge < -0.3 is 20.1 Å². The number of urea groups is 1. The van der Waals surface area contributed by atoms with Crippen LogP contribution >= 0.6 is 11.6 Å². The summed E-state index contributed by atoms with van der Waals surface area (Å²) in [4.78, 5) is 38.5. The number of carbonyl (C=O) groups excluding carboxylic acids is 3. The van der Waals surface area contributed by atoms with Crippen LogP contribution in [0, 0.1) is 11.7 Å². The maximum absolute atomic E-state index is 13.4. The quantitative estimate of drug-likeness (QED) is 0.723. The molecule has 3 rings (SSSR count). The fourth-order valence-corrected chi connectivity index (χ4v) is 2.98. The number of ether oxygens (including phenoxy) is 2. The van der Waals surface area contributed by atoms with E-state index in [1.54, 1.807) is 18.2 Å². The third-order valence-corrected chi connectivity index (χ3v) is 4.61. The Hall–Kier alpha value is -3.33. The molecule has 0 saturated carbocycles. The van der Waals surface area contributed by atoms with Crippen molar-refractivity contribution in [3.05, 3.63) is 47.2 Å². The number of nitrogens with one attached hydrogen (secondary N) is 2. The fraction of sp³-hybridized carbons (Fsp3) is 0.211. The molecule has 10 heteroatoms. The molecule has 0 aromatic heterocycles. The molecule has 2 aromatic rings. The van der Waals surface area contributed by atoms with Crippen LogP contribution in [-0.4, -0.2) is 38.6 Å². The summed E-state index contributed by atoms with van der Waals surface area (Å²) in [7, 11) is 2.92. The highest BCUT2D eigenvalue weighted by molar-refractivity contribution is 6.31. The Balaban J connectivity index is 1.83. The van der Waals surface area contributed by atoms with E-state index < -0.39 is 29.6 Å². The highest BCUT2D eigenvalue weighted by Crippen LogP contribution is 2.30. The van der Waals surface area contributed by atoms with Crippen molar-refractivity contribution in [2.45, 2.75) is 0 Å². The van der Waals surface area contributed by atoms with E-state index in [0.717, 1.165) is 17.0 Å². The Bertz CT molecular complexity index is 984. The van der Waals surface area contributed by atoms with E-state index in [1.165, 1.54) is 20.3 Å². The number of halogens is 2. The van der Waals surface area contributed by atoms with Crippen molar-refractivity contribution < 1.29 is 28.2 Å². The predicted octanol–water partition coefficient (Wildman–Crippen LogP) is 2.81. The summed E-state index contributed by atoms with van der Waals surface area (Å²) in [6, 6.07) is 7.43. The first kappa shape index (κ1) is 20.4. The lowest BCUT2D eigenvalue weighted by Crippen LogP contribution is -2.58. The summed E-state index contributed by atoms with van der Waals surface area (Å²) in [5, 5.41) is 4.84. The molecule has 0 bridgehead atoms. The van der Waals surface area contributed by atoms with Crippen LogP contribution in [0.5, 0.6) is 11.5 Å². The smallest absolute Gasteiger partial charge is 0.328 e. The van der Waals surface area contributed by atoms with Crippen LogP contribution in [-0.2, 0) is 9.59 Å². The van der Waals surface area contributed by atoms with Crippen LogP contribution in [0.25, 0.3) is 0 Å². The summed E-state index contributed by atoms with van der Waals surface area (Å²) in [6.07, 6.45) is 0. The fourth-order valence-electron chi connectivity index (χ4n) is 2.81. The van der Waals surface area contributed by atoms with Gasteiger partial charge in [-0.15, -0.1) is 0 Å². The van der Waals surface area contributed by atoms with Crippen LogP contribution < -0.4 is 25.0 Å². The summed E-state index contributed by atoms with van der Waals surface area (Å²) in [5.74, 6) is -2.44. The number of benzene rings is 2. The van der Waals surface area contributed by atoms with E-state index in [-0.39, 0.29) is 17.3 Å². The van der Waals surface area contributed by atoms with Crippen molar-refractivity contribution in [3.63, 3.8) is 0 Å². The molecule has 1 heterocycles. The molecule has 8 nitrogen and oxygen atoms in total. The molecule has 1 saturated heterocycles. The van der Waals surface area contributed by atoms with Crippen molar-refractivity contribution in [1.82, 2.24) is 5.32 Å². The maximum atomic E-state index is 13.4. The summed E-state index contributed by atoms with van der Waals surface area (Å²) in [5.41, 5.74) is 0.387. The molecule has 1 unspecified atom stereocenters. The number of amides is 4. The largest absolute Gasteiger partial charge is 0.497 e. The monoisotopic (exact) mass is 421 g/mol. The van der Waals surface area contributed by atoms with Crippen molar-refractivity contribution >= 4 is 40.8 Å². The maximum Gasteiger partial charge on any atom is 0.328 e. The van der Waals surface area contributed by atoms with Gasteiger partial charge >= 0.3 is 6.03 Å². The van der Waals surface area contributed by atoms with E-state index in [0.29, 0.717) is 17.2 Å². The zero-order valence-corrected chi connectivity index (χ0v) is 16.2. The van der Waals surface area contributed by atoms with Gasteiger partial charge in [-0.05, 0) is 30.3 Å². The zero-order valence-electron chi connectivity index (χ0n) is 15.5. The number of rotatable bonds is 5. The second kappa shape index (κ2) is 8.36. The zero-order chi connectivity index (χ0) is 21.1. The van der Waals surface area contributed by atoms with Gasteiger partial charge in [0.15, 0.2) is 0 Å². The van der Waals surface area contributed by atoms with E-state index in [2.05, 4.69) is 10.6 Å². The number of nitrogens with zero attached hydrogens (tertiary/aromatic N) is 1. The SMILES string of the molecule is COc1ccc(NC(=O)C2CNC(=O)N(c3ccc(F)c(Cl)c3)C2=O)c(OC)c1. The average molecular weight is 422 g/mol. The molecular weight excluding hydrogens is 405 g/mol. The number of anilines is 2. The Morgan fingerprint density at radius 3 is 2.62 bits per heavy atom. The number of carbonyl (C=O) groups is 3. The first-order valence-electron chi connectivity index (χ1n) is 8.45. The number of hydrogen-bond acceptors (Lipinski definition) is 5. The van der Waals surface area contributed by atoms with Gasteiger partial charge in [-0.2, -0.15) is 0 Å². The number of hydrogen-bond donors (Lipinski definition) is 2. The van der Waals surface area contributed by atoms with Crippen molar-refractivity contribution in [2.75, 3.05) is 31.0 Å². The second-order valence-electron chi connectivity index (χ2n) is 6.07. The van der Waals surface area contributed by atoms with Crippen LogP contribution in [0.15, 0.2) is 36.4 Å². The second-order valence-corrected chi connectivity index (χ2v) is 6.47. The molecule has 0 spiro atoms. The average Bonchev–Trinajstić information content (AvgIpc) is 2.70. The van der Waals surface area contributed by atoms with Gasteiger partial charge in [-0.3, -0.25) is 9.59 Å². The van der Waals surface area contributed by atoms with Gasteiger partial charge in [-0.1, -0.05) is 11.6 Å². The van der Waals surface area contributed by atoms with Gasteiger partial charge in [0.05, 0.1) is 30.6 Å². The minimum absolute atomic E-state index is 0.0541. The Kier molecular flexibility index (Phi) is 5.88. The van der Waals surface area contributed by atoms with Gasteiger partial charge in [0.1, 0.15) is 23.2 Å². The lowest BCUT2D eigenvalue weighted by Gasteiger charge is -2.30. The Morgan fingerprint density at radius 1 is 1.21 bits per heavy atom. The molecule has 29 heavy (non-hydrogen) atoms. The van der Waals surface area contributed by atoms with Gasteiger partial charge in [-0.25, -0.2) is 14.1 Å².